The number of methoxy groups -OCH3 is 1. The van der Waals surface area contributed by atoms with Crippen LogP contribution in [0, 0.1) is 0 Å². The van der Waals surface area contributed by atoms with Gasteiger partial charge in [0.25, 0.3) is 5.60 Å². The zero-order valence-electron chi connectivity index (χ0n) is 13.8. The predicted octanol–water partition coefficient (Wildman–Crippen LogP) is 4.36. The smallest absolute Gasteiger partial charge is 0.434 e. The summed E-state index contributed by atoms with van der Waals surface area (Å²) in [6.07, 6.45) is -4.81. The van der Waals surface area contributed by atoms with E-state index in [1.807, 2.05) is 0 Å². The first-order valence-corrected chi connectivity index (χ1v) is 7.83. The maximum atomic E-state index is 14.2. The number of esters is 1. The van der Waals surface area contributed by atoms with Crippen molar-refractivity contribution in [3.8, 4) is 5.75 Å². The Labute approximate surface area is 143 Å². The second kappa shape index (κ2) is 5.79. The van der Waals surface area contributed by atoms with E-state index in [0.717, 1.165) is 0 Å². The van der Waals surface area contributed by atoms with E-state index < -0.39 is 23.2 Å². The quantitative estimate of drug-likeness (QED) is 0.769. The molecule has 0 unspecified atom stereocenters. The van der Waals surface area contributed by atoms with E-state index in [4.69, 9.17) is 9.47 Å². The molecule has 2 atom stereocenters. The van der Waals surface area contributed by atoms with Crippen LogP contribution >= 0.6 is 0 Å². The van der Waals surface area contributed by atoms with Gasteiger partial charge < -0.3 is 9.47 Å². The first-order valence-electron chi connectivity index (χ1n) is 7.83. The number of carbonyl (C=O) groups excluding carboxylic acids is 1. The summed E-state index contributed by atoms with van der Waals surface area (Å²) < 4.78 is 52.6. The zero-order chi connectivity index (χ0) is 18.3. The average molecular weight is 350 g/mol. The normalized spacial score (nSPS) is 25.9. The van der Waals surface area contributed by atoms with Crippen molar-refractivity contribution >= 4 is 5.97 Å². The van der Waals surface area contributed by atoms with Gasteiger partial charge in [-0.3, -0.25) is 4.79 Å². The van der Waals surface area contributed by atoms with Crippen LogP contribution in [0.4, 0.5) is 13.2 Å². The van der Waals surface area contributed by atoms with Crippen molar-refractivity contribution in [1.82, 2.24) is 0 Å². The molecule has 0 aliphatic carbocycles. The van der Waals surface area contributed by atoms with Gasteiger partial charge in [-0.05, 0) is 24.1 Å². The molecule has 0 amide bonds. The Balaban J connectivity index is 2.26. The molecule has 6 heteroatoms. The van der Waals surface area contributed by atoms with Crippen molar-refractivity contribution in [2.24, 2.45) is 0 Å². The molecule has 3 nitrogen and oxygen atoms in total. The van der Waals surface area contributed by atoms with Crippen LogP contribution in [0.3, 0.4) is 0 Å². The largest absolute Gasteiger partial charge is 0.497 e. The van der Waals surface area contributed by atoms with Crippen LogP contribution in [0.1, 0.15) is 24.5 Å². The lowest BCUT2D eigenvalue weighted by molar-refractivity contribution is -0.341. The summed E-state index contributed by atoms with van der Waals surface area (Å²) in [5, 5.41) is 0. The molecule has 1 saturated heterocycles. The predicted molar refractivity (Wildman–Crippen MR) is 85.2 cm³/mol. The van der Waals surface area contributed by atoms with Gasteiger partial charge in [-0.15, -0.1) is 0 Å². The molecule has 2 aromatic carbocycles. The average Bonchev–Trinajstić information content (AvgIpc) is 2.60. The number of ether oxygens (including phenoxy) is 2. The highest BCUT2D eigenvalue weighted by Crippen LogP contribution is 2.63. The molecule has 1 fully saturated rings. The van der Waals surface area contributed by atoms with Crippen molar-refractivity contribution in [2.45, 2.75) is 30.5 Å². The van der Waals surface area contributed by atoms with Gasteiger partial charge in [-0.2, -0.15) is 13.2 Å². The molecule has 25 heavy (non-hydrogen) atoms. The third kappa shape index (κ3) is 2.16. The van der Waals surface area contributed by atoms with Crippen LogP contribution in [0.2, 0.25) is 0 Å². The fraction of sp³-hybridized carbons (Fsp3) is 0.316. The Morgan fingerprint density at radius 3 is 2.04 bits per heavy atom. The summed E-state index contributed by atoms with van der Waals surface area (Å²) in [5.41, 5.74) is -4.37. The lowest BCUT2D eigenvalue weighted by Gasteiger charge is -2.56. The highest BCUT2D eigenvalue weighted by Gasteiger charge is 2.81. The first-order chi connectivity index (χ1) is 11.8. The van der Waals surface area contributed by atoms with Crippen molar-refractivity contribution in [3.63, 3.8) is 0 Å². The number of alkyl halides is 3. The fourth-order valence-electron chi connectivity index (χ4n) is 3.65. The van der Waals surface area contributed by atoms with E-state index in [2.05, 4.69) is 0 Å². The highest BCUT2D eigenvalue weighted by molar-refractivity contribution is 5.92. The number of hydrogen-bond acceptors (Lipinski definition) is 3. The Morgan fingerprint density at radius 1 is 1.00 bits per heavy atom. The van der Waals surface area contributed by atoms with E-state index in [9.17, 15) is 18.0 Å². The molecule has 0 bridgehead atoms. The number of cyclic esters (lactones) is 1. The van der Waals surface area contributed by atoms with Gasteiger partial charge in [-0.1, -0.05) is 49.4 Å². The lowest BCUT2D eigenvalue weighted by atomic mass is 9.58. The molecule has 3 rings (SSSR count). The minimum absolute atomic E-state index is 0.0490. The molecule has 0 spiro atoms. The molecule has 2 aromatic rings. The lowest BCUT2D eigenvalue weighted by Crippen LogP contribution is -2.73. The molecule has 1 aliphatic heterocycles. The highest BCUT2D eigenvalue weighted by atomic mass is 19.4. The van der Waals surface area contributed by atoms with Gasteiger partial charge in [0.2, 0.25) is 0 Å². The minimum atomic E-state index is -4.77. The molecular formula is C19H17F3O3. The summed E-state index contributed by atoms with van der Waals surface area (Å²) in [6.45, 7) is 1.56. The van der Waals surface area contributed by atoms with Gasteiger partial charge in [0.15, 0.2) is 0 Å². The fourth-order valence-corrected chi connectivity index (χ4v) is 3.65. The molecule has 0 aromatic heterocycles. The molecular weight excluding hydrogens is 333 g/mol. The number of benzene rings is 2. The van der Waals surface area contributed by atoms with E-state index in [1.165, 1.54) is 43.5 Å². The number of carbonyl (C=O) groups is 1. The van der Waals surface area contributed by atoms with E-state index in [1.54, 1.807) is 25.1 Å². The van der Waals surface area contributed by atoms with Gasteiger partial charge in [0.05, 0.1) is 7.11 Å². The van der Waals surface area contributed by atoms with Crippen LogP contribution in [-0.2, 0) is 20.5 Å². The van der Waals surface area contributed by atoms with Crippen LogP contribution in [-0.4, -0.2) is 19.3 Å². The van der Waals surface area contributed by atoms with Gasteiger partial charge >= 0.3 is 12.1 Å². The third-order valence-corrected chi connectivity index (χ3v) is 4.89. The Bertz CT molecular complexity index is 771. The van der Waals surface area contributed by atoms with Gasteiger partial charge in [0, 0.05) is 5.56 Å². The van der Waals surface area contributed by atoms with Crippen molar-refractivity contribution in [2.75, 3.05) is 7.11 Å². The number of rotatable bonds is 4. The minimum Gasteiger partial charge on any atom is -0.497 e. The van der Waals surface area contributed by atoms with Gasteiger partial charge in [-0.25, -0.2) is 0 Å². The van der Waals surface area contributed by atoms with Crippen LogP contribution < -0.4 is 4.74 Å². The monoisotopic (exact) mass is 350 g/mol. The van der Waals surface area contributed by atoms with Crippen LogP contribution in [0.15, 0.2) is 54.6 Å². The summed E-state index contributed by atoms with van der Waals surface area (Å²) in [6, 6.07) is 13.4. The molecule has 1 heterocycles. The summed E-state index contributed by atoms with van der Waals surface area (Å²) in [5.74, 6) is -0.374. The second-order valence-electron chi connectivity index (χ2n) is 5.92. The van der Waals surface area contributed by atoms with Gasteiger partial charge in [0.1, 0.15) is 11.2 Å². The standard InChI is InChI=1S/C19H17F3O3/c1-3-17(13-9-11-15(24-2)12-10-13)16(23)25-18(17,19(20,21)22)14-7-5-4-6-8-14/h4-12H,3H2,1-2H3/t17-,18+/m1/s1. The summed E-state index contributed by atoms with van der Waals surface area (Å²) >= 11 is 0. The van der Waals surface area contributed by atoms with Crippen molar-refractivity contribution < 1.29 is 27.4 Å². The van der Waals surface area contributed by atoms with Crippen LogP contribution in [0.5, 0.6) is 5.75 Å². The van der Waals surface area contributed by atoms with Crippen LogP contribution in [0.25, 0.3) is 0 Å². The molecule has 1 aliphatic rings. The number of hydrogen-bond donors (Lipinski definition) is 0. The Morgan fingerprint density at radius 2 is 1.60 bits per heavy atom. The van der Waals surface area contributed by atoms with Crippen molar-refractivity contribution in [1.29, 1.82) is 0 Å². The maximum absolute atomic E-state index is 14.2. The second-order valence-corrected chi connectivity index (χ2v) is 5.92. The molecule has 0 N–H and O–H groups in total. The zero-order valence-corrected chi connectivity index (χ0v) is 13.8. The Hall–Kier alpha value is -2.50. The van der Waals surface area contributed by atoms with E-state index >= 15 is 0 Å². The van der Waals surface area contributed by atoms with E-state index in [-0.39, 0.29) is 17.5 Å². The molecule has 0 radical (unpaired) electrons. The van der Waals surface area contributed by atoms with Crippen molar-refractivity contribution in [3.05, 3.63) is 65.7 Å². The Kier molecular flexibility index (Phi) is 4.01. The summed E-state index contributed by atoms with van der Waals surface area (Å²) in [7, 11) is 1.46. The first kappa shape index (κ1) is 17.3. The molecule has 0 saturated carbocycles. The molecule has 132 valence electrons. The maximum Gasteiger partial charge on any atom is 0.434 e. The SMILES string of the molecule is CC[C@@]1(c2ccc(OC)cc2)C(=O)O[C@]1(c1ccccc1)C(F)(F)F. The topological polar surface area (TPSA) is 35.5 Å². The van der Waals surface area contributed by atoms with E-state index in [0.29, 0.717) is 5.75 Å². The number of halogens is 3. The summed E-state index contributed by atoms with van der Waals surface area (Å²) in [4.78, 5) is 12.4. The third-order valence-electron chi connectivity index (χ3n) is 4.89.